The Morgan fingerprint density at radius 1 is 1.08 bits per heavy atom. The molecular formula is C25H21F3N6O2. The van der Waals surface area contributed by atoms with Crippen LogP contribution in [-0.4, -0.2) is 30.3 Å². The Kier molecular flexibility index (Phi) is 5.91. The molecule has 184 valence electrons. The zero-order valence-electron chi connectivity index (χ0n) is 19.4. The van der Waals surface area contributed by atoms with Crippen LogP contribution in [0.4, 0.5) is 19.0 Å². The van der Waals surface area contributed by atoms with E-state index in [1.165, 1.54) is 41.0 Å². The predicted molar refractivity (Wildman–Crippen MR) is 126 cm³/mol. The van der Waals surface area contributed by atoms with Crippen molar-refractivity contribution in [2.45, 2.75) is 32.5 Å². The van der Waals surface area contributed by atoms with Crippen LogP contribution < -0.4 is 10.9 Å². The number of carbonyl (C=O) groups is 1. The summed E-state index contributed by atoms with van der Waals surface area (Å²) in [6, 6.07) is 8.14. The fraction of sp³-hybridized carbons (Fsp3) is 0.240. The van der Waals surface area contributed by atoms with Crippen molar-refractivity contribution in [2.24, 2.45) is 7.05 Å². The topological polar surface area (TPSA) is 93.0 Å². The smallest absolute Gasteiger partial charge is 0.266 e. The number of aryl methyl sites for hydroxylation is 1. The SMILES string of the molecule is C[C@@H](Nc1ncnc2c1cc(C(=O)N1Cc3cccnc3C1)c(=O)n2C)c1cccc(C(F)F)c1F. The molecule has 0 spiro atoms. The highest BCUT2D eigenvalue weighted by molar-refractivity contribution is 5.99. The summed E-state index contributed by atoms with van der Waals surface area (Å²) in [4.78, 5) is 40.6. The zero-order valence-corrected chi connectivity index (χ0v) is 19.4. The minimum absolute atomic E-state index is 0.0306. The maximum Gasteiger partial charge on any atom is 0.266 e. The second-order valence-corrected chi connectivity index (χ2v) is 8.57. The lowest BCUT2D eigenvalue weighted by molar-refractivity contribution is 0.0748. The molecule has 1 aliphatic rings. The fourth-order valence-corrected chi connectivity index (χ4v) is 4.41. The number of benzene rings is 1. The monoisotopic (exact) mass is 494 g/mol. The van der Waals surface area contributed by atoms with Crippen LogP contribution in [-0.2, 0) is 20.1 Å². The van der Waals surface area contributed by atoms with Gasteiger partial charge in [-0.1, -0.05) is 24.3 Å². The summed E-state index contributed by atoms with van der Waals surface area (Å²) >= 11 is 0. The Labute approximate surface area is 203 Å². The molecule has 4 heterocycles. The lowest BCUT2D eigenvalue weighted by Crippen LogP contribution is -2.33. The molecule has 1 aromatic carbocycles. The molecule has 0 fully saturated rings. The van der Waals surface area contributed by atoms with Gasteiger partial charge in [-0.25, -0.2) is 23.1 Å². The number of rotatable bonds is 5. The van der Waals surface area contributed by atoms with Crippen LogP contribution in [0.15, 0.2) is 53.7 Å². The van der Waals surface area contributed by atoms with Crippen LogP contribution in [0.3, 0.4) is 0 Å². The van der Waals surface area contributed by atoms with Crippen LogP contribution in [0, 0.1) is 5.82 Å². The lowest BCUT2D eigenvalue weighted by atomic mass is 10.0. The molecule has 0 saturated heterocycles. The van der Waals surface area contributed by atoms with E-state index in [4.69, 9.17) is 0 Å². The molecule has 0 unspecified atom stereocenters. The summed E-state index contributed by atoms with van der Waals surface area (Å²) in [5.41, 5.74) is 0.688. The molecule has 1 amide bonds. The second-order valence-electron chi connectivity index (χ2n) is 8.57. The zero-order chi connectivity index (χ0) is 25.6. The highest BCUT2D eigenvalue weighted by Crippen LogP contribution is 2.30. The van der Waals surface area contributed by atoms with Gasteiger partial charge < -0.3 is 10.2 Å². The molecule has 0 radical (unpaired) electrons. The number of anilines is 1. The van der Waals surface area contributed by atoms with Gasteiger partial charge in [-0.3, -0.25) is 19.1 Å². The van der Waals surface area contributed by atoms with Gasteiger partial charge in [-0.2, -0.15) is 0 Å². The summed E-state index contributed by atoms with van der Waals surface area (Å²) in [6.07, 6.45) is -0.0717. The number of hydrogen-bond acceptors (Lipinski definition) is 6. The predicted octanol–water partition coefficient (Wildman–Crippen LogP) is 4.13. The number of hydrogen-bond donors (Lipinski definition) is 1. The summed E-state index contributed by atoms with van der Waals surface area (Å²) in [5.74, 6) is -1.24. The van der Waals surface area contributed by atoms with Gasteiger partial charge in [-0.15, -0.1) is 0 Å². The number of halogens is 3. The van der Waals surface area contributed by atoms with E-state index < -0.39 is 35.3 Å². The fourth-order valence-electron chi connectivity index (χ4n) is 4.41. The molecular weight excluding hydrogens is 473 g/mol. The molecule has 4 aromatic rings. The Morgan fingerprint density at radius 2 is 1.86 bits per heavy atom. The van der Waals surface area contributed by atoms with Crippen molar-refractivity contribution in [1.29, 1.82) is 0 Å². The van der Waals surface area contributed by atoms with Gasteiger partial charge in [0.05, 0.1) is 29.2 Å². The van der Waals surface area contributed by atoms with Gasteiger partial charge in [0, 0.05) is 25.4 Å². The molecule has 1 N–H and O–H groups in total. The summed E-state index contributed by atoms with van der Waals surface area (Å²) in [5, 5.41) is 3.37. The molecule has 5 rings (SSSR count). The van der Waals surface area contributed by atoms with E-state index in [9.17, 15) is 22.8 Å². The van der Waals surface area contributed by atoms with Crippen molar-refractivity contribution in [1.82, 2.24) is 24.4 Å². The molecule has 3 aromatic heterocycles. The first-order valence-electron chi connectivity index (χ1n) is 11.2. The van der Waals surface area contributed by atoms with Crippen molar-refractivity contribution in [3.05, 3.63) is 93.0 Å². The first-order valence-corrected chi connectivity index (χ1v) is 11.2. The summed E-state index contributed by atoms with van der Waals surface area (Å²) < 4.78 is 42.3. The van der Waals surface area contributed by atoms with Gasteiger partial charge in [0.25, 0.3) is 17.9 Å². The molecule has 0 bridgehead atoms. The van der Waals surface area contributed by atoms with E-state index in [-0.39, 0.29) is 29.1 Å². The average molecular weight is 494 g/mol. The van der Waals surface area contributed by atoms with E-state index in [0.29, 0.717) is 11.9 Å². The third-order valence-electron chi connectivity index (χ3n) is 6.32. The Hall–Kier alpha value is -4.28. The van der Waals surface area contributed by atoms with Crippen molar-refractivity contribution >= 4 is 22.8 Å². The molecule has 36 heavy (non-hydrogen) atoms. The maximum atomic E-state index is 14.7. The van der Waals surface area contributed by atoms with Crippen molar-refractivity contribution in [2.75, 3.05) is 5.32 Å². The largest absolute Gasteiger partial charge is 0.363 e. The Morgan fingerprint density at radius 3 is 2.61 bits per heavy atom. The minimum atomic E-state index is -2.95. The second kappa shape index (κ2) is 9.06. The molecule has 0 saturated carbocycles. The Bertz CT molecular complexity index is 1530. The van der Waals surface area contributed by atoms with Crippen LogP contribution in [0.5, 0.6) is 0 Å². The van der Waals surface area contributed by atoms with Gasteiger partial charge in [0.15, 0.2) is 0 Å². The normalized spacial score (nSPS) is 13.8. The lowest BCUT2D eigenvalue weighted by Gasteiger charge is -2.19. The van der Waals surface area contributed by atoms with Gasteiger partial charge in [-0.05, 0) is 24.6 Å². The minimum Gasteiger partial charge on any atom is -0.363 e. The van der Waals surface area contributed by atoms with Gasteiger partial charge >= 0.3 is 0 Å². The molecule has 1 atom stereocenters. The van der Waals surface area contributed by atoms with Crippen LogP contribution in [0.2, 0.25) is 0 Å². The van der Waals surface area contributed by atoms with Crippen molar-refractivity contribution in [3.8, 4) is 0 Å². The van der Waals surface area contributed by atoms with E-state index in [1.807, 2.05) is 6.07 Å². The van der Waals surface area contributed by atoms with Gasteiger partial charge in [0.2, 0.25) is 0 Å². The standard InChI is InChI=1S/C25H21F3N6O2/c1-13(15-6-3-7-16(20(15)26)21(27)28)32-22-17-9-18(24(35)33(2)23(17)31-12-30-22)25(36)34-10-14-5-4-8-29-19(14)11-34/h3-9,12-13,21H,10-11H2,1-2H3,(H,30,31,32)/t13-/m1/s1. The highest BCUT2D eigenvalue weighted by atomic mass is 19.3. The molecule has 11 heteroatoms. The number of nitrogens with zero attached hydrogens (tertiary/aromatic N) is 5. The van der Waals surface area contributed by atoms with Crippen molar-refractivity contribution < 1.29 is 18.0 Å². The van der Waals surface area contributed by atoms with E-state index in [2.05, 4.69) is 20.3 Å². The number of fused-ring (bicyclic) bond motifs is 2. The number of carbonyl (C=O) groups excluding carboxylic acids is 1. The maximum absolute atomic E-state index is 14.7. The third-order valence-corrected chi connectivity index (χ3v) is 6.32. The quantitative estimate of drug-likeness (QED) is 0.449. The summed E-state index contributed by atoms with van der Waals surface area (Å²) in [7, 11) is 1.49. The molecule has 8 nitrogen and oxygen atoms in total. The molecule has 0 aliphatic carbocycles. The van der Waals surface area contributed by atoms with Crippen LogP contribution in [0.25, 0.3) is 11.0 Å². The first-order chi connectivity index (χ1) is 17.3. The summed E-state index contributed by atoms with van der Waals surface area (Å²) in [6.45, 7) is 2.21. The molecule has 1 aliphatic heterocycles. The van der Waals surface area contributed by atoms with E-state index in [1.54, 1.807) is 19.2 Å². The van der Waals surface area contributed by atoms with E-state index >= 15 is 0 Å². The number of pyridine rings is 2. The first kappa shape index (κ1) is 23.5. The van der Waals surface area contributed by atoms with Crippen LogP contribution in [0.1, 0.15) is 52.1 Å². The Balaban J connectivity index is 1.52. The third kappa shape index (κ3) is 3.96. The van der Waals surface area contributed by atoms with Crippen molar-refractivity contribution in [3.63, 3.8) is 0 Å². The number of alkyl halides is 2. The average Bonchev–Trinajstić information content (AvgIpc) is 3.30. The highest BCUT2D eigenvalue weighted by Gasteiger charge is 2.28. The van der Waals surface area contributed by atoms with Crippen LogP contribution >= 0.6 is 0 Å². The van der Waals surface area contributed by atoms with E-state index in [0.717, 1.165) is 17.3 Å². The number of nitrogens with one attached hydrogen (secondary N) is 1. The number of amides is 1. The number of aromatic nitrogens is 4. The van der Waals surface area contributed by atoms with Gasteiger partial charge in [0.1, 0.15) is 29.2 Å².